The summed E-state index contributed by atoms with van der Waals surface area (Å²) in [5.74, 6) is 0.660. The average molecular weight is 436 g/mol. The number of benzene rings is 1. The molecule has 2 amide bonds. The van der Waals surface area contributed by atoms with E-state index in [0.29, 0.717) is 30.5 Å². The number of likely N-dealkylation sites (tertiary alicyclic amines) is 1. The molecule has 2 aliphatic heterocycles. The van der Waals surface area contributed by atoms with Crippen LogP contribution in [-0.4, -0.2) is 59.7 Å². The summed E-state index contributed by atoms with van der Waals surface area (Å²) in [6.07, 6.45) is 3.05. The van der Waals surface area contributed by atoms with Crippen LogP contribution in [-0.2, 0) is 0 Å². The summed E-state index contributed by atoms with van der Waals surface area (Å²) in [5, 5.41) is 12.9. The summed E-state index contributed by atoms with van der Waals surface area (Å²) in [5.41, 5.74) is 10.0. The van der Waals surface area contributed by atoms with Crippen molar-refractivity contribution in [1.29, 1.82) is 0 Å². The molecule has 156 valence electrons. The number of aryl methyl sites for hydroxylation is 1. The first-order valence-corrected chi connectivity index (χ1v) is 10.7. The van der Waals surface area contributed by atoms with Crippen molar-refractivity contribution in [3.8, 4) is 0 Å². The van der Waals surface area contributed by atoms with Crippen molar-refractivity contribution in [2.24, 2.45) is 15.8 Å². The Bertz CT molecular complexity index is 851. The Hall–Kier alpha value is -2.23. The molecule has 0 bridgehead atoms. The first-order valence-electron chi connectivity index (χ1n) is 9.43. The molecule has 2 aliphatic rings. The van der Waals surface area contributed by atoms with Gasteiger partial charge in [-0.15, -0.1) is 0 Å². The number of aliphatic imine (C=N–C) groups is 1. The highest BCUT2D eigenvalue weighted by Gasteiger charge is 2.36. The highest BCUT2D eigenvalue weighted by atomic mass is 35.5. The molecule has 1 saturated heterocycles. The van der Waals surface area contributed by atoms with Gasteiger partial charge in [0.05, 0.1) is 24.1 Å². The number of urea groups is 1. The Morgan fingerprint density at radius 3 is 2.97 bits per heavy atom. The monoisotopic (exact) mass is 435 g/mol. The molecule has 1 unspecified atom stereocenters. The number of rotatable bonds is 6. The maximum Gasteiger partial charge on any atom is 0.317 e. The van der Waals surface area contributed by atoms with Gasteiger partial charge in [-0.05, 0) is 50.1 Å². The summed E-state index contributed by atoms with van der Waals surface area (Å²) < 4.78 is 0. The third kappa shape index (κ3) is 5.23. The van der Waals surface area contributed by atoms with Crippen LogP contribution >= 0.6 is 23.4 Å². The third-order valence-corrected chi connectivity index (χ3v) is 5.88. The van der Waals surface area contributed by atoms with Crippen LogP contribution in [0, 0.1) is 13.8 Å². The van der Waals surface area contributed by atoms with E-state index < -0.39 is 0 Å². The lowest BCUT2D eigenvalue weighted by molar-refractivity contribution is 0.0785. The fraction of sp³-hybridized carbons (Fsp3) is 0.421. The molecule has 1 atom stereocenters. The number of nitrogens with two attached hydrogens (primary N) is 1. The molecular weight excluding hydrogens is 410 g/mol. The lowest BCUT2D eigenvalue weighted by Gasteiger charge is -2.43. The second-order valence-corrected chi connectivity index (χ2v) is 8.22. The number of carbonyl (C=O) groups excluding carboxylic acids is 1. The molecule has 0 saturated carbocycles. The zero-order valence-electron chi connectivity index (χ0n) is 16.7. The van der Waals surface area contributed by atoms with E-state index in [-0.39, 0.29) is 18.2 Å². The standard InChI is InChI=1S/C19H26ClN7OS/c1-4-22-19(28)26-8-15(9-26)27(18-7-17(21)23-10-24-18)25-11-29-16-6-14(20)5-12(2)13(16)3/h5-7,10-11,15,17H,4,8-9,21H2,1-3H3,(H,22,28)(H,23,24)/b25-11+. The minimum Gasteiger partial charge on any atom is -0.357 e. The average Bonchev–Trinajstić information content (AvgIpc) is 2.63. The number of nitrogens with one attached hydrogen (secondary N) is 2. The quantitative estimate of drug-likeness (QED) is 0.276. The molecule has 1 aromatic rings. The molecule has 1 aromatic carbocycles. The predicted octanol–water partition coefficient (Wildman–Crippen LogP) is 2.47. The van der Waals surface area contributed by atoms with Gasteiger partial charge in [-0.1, -0.05) is 23.4 Å². The predicted molar refractivity (Wildman–Crippen MR) is 119 cm³/mol. The normalized spacial score (nSPS) is 19.0. The number of thioether (sulfide) groups is 1. The Morgan fingerprint density at radius 2 is 2.28 bits per heavy atom. The minimum absolute atomic E-state index is 0.0327. The zero-order valence-corrected chi connectivity index (χ0v) is 18.3. The summed E-state index contributed by atoms with van der Waals surface area (Å²) in [4.78, 5) is 19.2. The van der Waals surface area contributed by atoms with Crippen LogP contribution in [0.3, 0.4) is 0 Å². The molecule has 2 heterocycles. The SMILES string of the molecule is CCNC(=O)N1CC(N(/N=C/Sc2cc(Cl)cc(C)c2C)C2=CC(N)NC=N2)C1. The number of nitrogens with zero attached hydrogens (tertiary/aromatic N) is 4. The van der Waals surface area contributed by atoms with Gasteiger partial charge in [-0.3, -0.25) is 0 Å². The molecule has 0 aromatic heterocycles. The maximum absolute atomic E-state index is 12.0. The summed E-state index contributed by atoms with van der Waals surface area (Å²) >= 11 is 7.69. The van der Waals surface area contributed by atoms with Gasteiger partial charge in [0.15, 0.2) is 0 Å². The van der Waals surface area contributed by atoms with Crippen LogP contribution in [0.25, 0.3) is 0 Å². The van der Waals surface area contributed by atoms with E-state index >= 15 is 0 Å². The van der Waals surface area contributed by atoms with Gasteiger partial charge in [0.1, 0.15) is 5.82 Å². The van der Waals surface area contributed by atoms with Crippen molar-refractivity contribution in [3.05, 3.63) is 40.2 Å². The number of hydrazone groups is 1. The van der Waals surface area contributed by atoms with E-state index in [4.69, 9.17) is 17.3 Å². The Labute approximate surface area is 180 Å². The number of hydrogen-bond donors (Lipinski definition) is 3. The van der Waals surface area contributed by atoms with Gasteiger partial charge in [0, 0.05) is 29.6 Å². The van der Waals surface area contributed by atoms with Crippen molar-refractivity contribution >= 4 is 41.3 Å². The van der Waals surface area contributed by atoms with E-state index in [1.807, 2.05) is 37.1 Å². The first-order chi connectivity index (χ1) is 13.9. The van der Waals surface area contributed by atoms with Gasteiger partial charge in [0.25, 0.3) is 0 Å². The van der Waals surface area contributed by atoms with E-state index in [1.54, 1.807) is 16.8 Å². The molecular formula is C19H26ClN7OS. The molecule has 0 aliphatic carbocycles. The van der Waals surface area contributed by atoms with E-state index in [2.05, 4.69) is 27.7 Å². The fourth-order valence-electron chi connectivity index (χ4n) is 2.99. The van der Waals surface area contributed by atoms with Crippen molar-refractivity contribution in [2.75, 3.05) is 19.6 Å². The van der Waals surface area contributed by atoms with Crippen LogP contribution < -0.4 is 16.4 Å². The van der Waals surface area contributed by atoms with Crippen LogP contribution in [0.4, 0.5) is 4.79 Å². The van der Waals surface area contributed by atoms with Gasteiger partial charge >= 0.3 is 6.03 Å². The largest absolute Gasteiger partial charge is 0.357 e. The Balaban J connectivity index is 1.74. The lowest BCUT2D eigenvalue weighted by Crippen LogP contribution is -2.61. The van der Waals surface area contributed by atoms with Crippen LogP contribution in [0.2, 0.25) is 5.02 Å². The van der Waals surface area contributed by atoms with Crippen molar-refractivity contribution in [2.45, 2.75) is 37.9 Å². The highest BCUT2D eigenvalue weighted by molar-refractivity contribution is 8.12. The van der Waals surface area contributed by atoms with Gasteiger partial charge in [0.2, 0.25) is 0 Å². The molecule has 4 N–H and O–H groups in total. The van der Waals surface area contributed by atoms with Gasteiger partial charge < -0.3 is 21.3 Å². The molecule has 1 fully saturated rings. The molecule has 3 rings (SSSR count). The number of amides is 2. The summed E-state index contributed by atoms with van der Waals surface area (Å²) in [7, 11) is 0. The van der Waals surface area contributed by atoms with Gasteiger partial charge in [-0.2, -0.15) is 5.10 Å². The van der Waals surface area contributed by atoms with E-state index in [9.17, 15) is 4.79 Å². The first kappa shape index (κ1) is 21.5. The van der Waals surface area contributed by atoms with Crippen LogP contribution in [0.15, 0.2) is 39.0 Å². The fourth-order valence-corrected chi connectivity index (χ4v) is 4.13. The minimum atomic E-state index is -0.328. The number of halogens is 1. The topological polar surface area (TPSA) is 98.4 Å². The second-order valence-electron chi connectivity index (χ2n) is 6.90. The van der Waals surface area contributed by atoms with Crippen molar-refractivity contribution < 1.29 is 4.79 Å². The van der Waals surface area contributed by atoms with Crippen LogP contribution in [0.5, 0.6) is 0 Å². The lowest BCUT2D eigenvalue weighted by atomic mass is 10.1. The van der Waals surface area contributed by atoms with E-state index in [0.717, 1.165) is 10.5 Å². The summed E-state index contributed by atoms with van der Waals surface area (Å²) in [6.45, 7) is 7.74. The van der Waals surface area contributed by atoms with Gasteiger partial charge in [-0.25, -0.2) is 14.8 Å². The number of hydrogen-bond acceptors (Lipinski definition) is 7. The molecule has 0 spiro atoms. The summed E-state index contributed by atoms with van der Waals surface area (Å²) in [6, 6.07) is 3.85. The number of carbonyl (C=O) groups is 1. The molecule has 8 nitrogen and oxygen atoms in total. The Morgan fingerprint density at radius 1 is 1.52 bits per heavy atom. The highest BCUT2D eigenvalue weighted by Crippen LogP contribution is 2.28. The van der Waals surface area contributed by atoms with E-state index in [1.165, 1.54) is 17.3 Å². The van der Waals surface area contributed by atoms with Crippen LogP contribution in [0.1, 0.15) is 18.1 Å². The Kier molecular flexibility index (Phi) is 7.05. The maximum atomic E-state index is 12.0. The van der Waals surface area contributed by atoms with Crippen molar-refractivity contribution in [1.82, 2.24) is 20.5 Å². The molecule has 0 radical (unpaired) electrons. The third-order valence-electron chi connectivity index (χ3n) is 4.79. The smallest absolute Gasteiger partial charge is 0.317 e. The second kappa shape index (κ2) is 9.51. The molecule has 29 heavy (non-hydrogen) atoms. The zero-order chi connectivity index (χ0) is 21.0. The van der Waals surface area contributed by atoms with Crippen molar-refractivity contribution in [3.63, 3.8) is 0 Å². The molecule has 10 heteroatoms.